The van der Waals surface area contributed by atoms with Gasteiger partial charge in [-0.25, -0.2) is 0 Å². The molecule has 0 saturated heterocycles. The van der Waals surface area contributed by atoms with Crippen molar-refractivity contribution in [3.63, 3.8) is 0 Å². The summed E-state index contributed by atoms with van der Waals surface area (Å²) in [6.45, 7) is 4.39. The Hall–Kier alpha value is -4.16. The van der Waals surface area contributed by atoms with Crippen LogP contribution in [0.3, 0.4) is 0 Å². The van der Waals surface area contributed by atoms with E-state index < -0.39 is 15.1 Å². The first-order valence-electron chi connectivity index (χ1n) is 13.8. The molecule has 0 atom stereocenters. The fraction of sp³-hybridized carbons (Fsp3) is 0.312. The van der Waals surface area contributed by atoms with E-state index in [1.807, 2.05) is 38.1 Å². The number of nitrogens with zero attached hydrogens (tertiary/aromatic N) is 2. The van der Waals surface area contributed by atoms with Crippen molar-refractivity contribution in [1.82, 2.24) is 14.5 Å². The highest BCUT2D eigenvalue weighted by Crippen LogP contribution is 2.40. The monoisotopic (exact) mass is 571 g/mol. The Morgan fingerprint density at radius 2 is 1.90 bits per heavy atom. The van der Waals surface area contributed by atoms with Crippen LogP contribution in [0, 0.1) is 18.3 Å². The Bertz CT molecular complexity index is 2030. The number of hydrogen-bond acceptors (Lipinski definition) is 5. The first-order chi connectivity index (χ1) is 19.7. The summed E-state index contributed by atoms with van der Waals surface area (Å²) < 4.78 is 45.8. The van der Waals surface area contributed by atoms with Crippen LogP contribution >= 0.6 is 0 Å². The van der Waals surface area contributed by atoms with Crippen molar-refractivity contribution in [1.29, 1.82) is 0 Å². The maximum absolute atomic E-state index is 14.2. The van der Waals surface area contributed by atoms with E-state index in [0.717, 1.165) is 54.9 Å². The second kappa shape index (κ2) is 10.3. The van der Waals surface area contributed by atoms with Gasteiger partial charge in [0.15, 0.2) is 5.43 Å². The normalized spacial score (nSPS) is 14.7. The van der Waals surface area contributed by atoms with Crippen LogP contribution in [-0.4, -0.2) is 29.6 Å². The summed E-state index contributed by atoms with van der Waals surface area (Å²) >= 11 is 0. The van der Waals surface area contributed by atoms with Gasteiger partial charge < -0.3 is 14.3 Å². The molecule has 5 aromatic rings. The molecule has 7 nitrogen and oxygen atoms in total. The van der Waals surface area contributed by atoms with Gasteiger partial charge in [-0.2, -0.15) is 8.42 Å². The van der Waals surface area contributed by atoms with E-state index in [0.29, 0.717) is 45.3 Å². The number of ether oxygens (including phenoxy) is 1. The van der Waals surface area contributed by atoms with Crippen molar-refractivity contribution in [2.24, 2.45) is 5.92 Å². The number of halogens is 1. The zero-order valence-corrected chi connectivity index (χ0v) is 23.7. The van der Waals surface area contributed by atoms with Crippen molar-refractivity contribution in [3.8, 4) is 29.2 Å². The Labute approximate surface area is 237 Å². The Morgan fingerprint density at radius 1 is 1.12 bits per heavy atom. The van der Waals surface area contributed by atoms with Gasteiger partial charge in [-0.3, -0.25) is 9.78 Å². The smallest absolute Gasteiger partial charge is 0.333 e. The summed E-state index contributed by atoms with van der Waals surface area (Å²) in [5.74, 6) is 3.26. The molecule has 3 aromatic heterocycles. The van der Waals surface area contributed by atoms with Gasteiger partial charge in [0.25, 0.3) is 0 Å². The molecular weight excluding hydrogens is 541 g/mol. The maximum atomic E-state index is 14.2. The minimum atomic E-state index is -4.97. The van der Waals surface area contributed by atoms with Gasteiger partial charge in [0.2, 0.25) is 0 Å². The summed E-state index contributed by atoms with van der Waals surface area (Å²) in [7, 11) is -4.97. The van der Waals surface area contributed by atoms with Crippen LogP contribution in [-0.2, 0) is 10.2 Å². The average molecular weight is 572 g/mol. The number of terminal acetylenes is 1. The summed E-state index contributed by atoms with van der Waals surface area (Å²) in [5, 5.41) is 1.89. The average Bonchev–Trinajstić information content (AvgIpc) is 3.34. The Kier molecular flexibility index (Phi) is 6.82. The van der Waals surface area contributed by atoms with Crippen LogP contribution in [0.15, 0.2) is 58.5 Å². The van der Waals surface area contributed by atoms with E-state index in [1.165, 1.54) is 12.3 Å². The molecule has 41 heavy (non-hydrogen) atoms. The third-order valence-electron chi connectivity index (χ3n) is 7.83. The number of benzene rings is 2. The number of nitrogens with one attached hydrogen (secondary N) is 1. The summed E-state index contributed by atoms with van der Waals surface area (Å²) in [6.07, 6.45) is 13.3. The molecule has 1 aliphatic rings. The molecule has 0 unspecified atom stereocenters. The number of aromatic amines is 1. The van der Waals surface area contributed by atoms with E-state index in [1.54, 1.807) is 6.07 Å². The summed E-state index contributed by atoms with van der Waals surface area (Å²) in [5.41, 5.74) is 3.69. The van der Waals surface area contributed by atoms with Crippen LogP contribution in [0.5, 0.6) is 5.75 Å². The molecule has 0 spiro atoms. The first kappa shape index (κ1) is 27.0. The predicted molar refractivity (Wildman–Crippen MR) is 159 cm³/mol. The van der Waals surface area contributed by atoms with Gasteiger partial charge in [0.05, 0.1) is 22.9 Å². The molecule has 1 aliphatic carbocycles. The lowest BCUT2D eigenvalue weighted by atomic mass is 9.94. The van der Waals surface area contributed by atoms with Crippen LogP contribution in [0.4, 0.5) is 3.89 Å². The molecule has 0 radical (unpaired) electrons. The van der Waals surface area contributed by atoms with E-state index in [4.69, 9.17) is 11.2 Å². The SMILES string of the molecule is C#Cc1ccc2c(c1)[nH]c1c2c(=O)c2cc(OCC(C)C)c(-c3cncc(S(=O)(=O)F)c3)cc2n1C1CCCCC1. The van der Waals surface area contributed by atoms with Gasteiger partial charge in [0, 0.05) is 46.0 Å². The summed E-state index contributed by atoms with van der Waals surface area (Å²) in [4.78, 5) is 21.2. The lowest BCUT2D eigenvalue weighted by molar-refractivity contribution is 0.272. The molecule has 1 N–H and O–H groups in total. The highest BCUT2D eigenvalue weighted by atomic mass is 32.3. The topological polar surface area (TPSA) is 94.1 Å². The Morgan fingerprint density at radius 3 is 2.61 bits per heavy atom. The van der Waals surface area contributed by atoms with Crippen molar-refractivity contribution in [2.75, 3.05) is 6.61 Å². The molecular formula is C32H30FN3O4S. The highest BCUT2D eigenvalue weighted by Gasteiger charge is 2.25. The quantitative estimate of drug-likeness (QED) is 0.177. The predicted octanol–water partition coefficient (Wildman–Crippen LogP) is 6.88. The van der Waals surface area contributed by atoms with Crippen LogP contribution in [0.2, 0.25) is 0 Å². The lowest BCUT2D eigenvalue weighted by Crippen LogP contribution is -2.18. The largest absolute Gasteiger partial charge is 0.493 e. The molecule has 210 valence electrons. The molecule has 1 fully saturated rings. The van der Waals surface area contributed by atoms with E-state index in [-0.39, 0.29) is 17.4 Å². The van der Waals surface area contributed by atoms with Crippen LogP contribution in [0.25, 0.3) is 44.0 Å². The number of rotatable bonds is 6. The van der Waals surface area contributed by atoms with Crippen molar-refractivity contribution in [3.05, 3.63) is 64.6 Å². The first-order valence-corrected chi connectivity index (χ1v) is 15.2. The van der Waals surface area contributed by atoms with Crippen molar-refractivity contribution in [2.45, 2.75) is 56.9 Å². The Balaban J connectivity index is 1.73. The highest BCUT2D eigenvalue weighted by molar-refractivity contribution is 7.86. The second-order valence-electron chi connectivity index (χ2n) is 11.2. The number of aromatic nitrogens is 3. The van der Waals surface area contributed by atoms with Gasteiger partial charge in [-0.05, 0) is 49.1 Å². The molecule has 9 heteroatoms. The van der Waals surface area contributed by atoms with Crippen molar-refractivity contribution >= 4 is 43.1 Å². The van der Waals surface area contributed by atoms with E-state index in [9.17, 15) is 17.1 Å². The van der Waals surface area contributed by atoms with E-state index >= 15 is 0 Å². The number of pyridine rings is 2. The number of H-pyrrole nitrogens is 1. The fourth-order valence-corrected chi connectivity index (χ4v) is 6.36. The molecule has 0 amide bonds. The van der Waals surface area contributed by atoms with Gasteiger partial charge >= 0.3 is 10.2 Å². The number of hydrogen-bond donors (Lipinski definition) is 1. The lowest BCUT2D eigenvalue weighted by Gasteiger charge is -2.28. The third kappa shape index (κ3) is 4.87. The van der Waals surface area contributed by atoms with Crippen molar-refractivity contribution < 1.29 is 17.0 Å². The zero-order valence-electron chi connectivity index (χ0n) is 22.9. The van der Waals surface area contributed by atoms with Crippen LogP contribution in [0.1, 0.15) is 57.6 Å². The molecule has 0 bridgehead atoms. The van der Waals surface area contributed by atoms with E-state index in [2.05, 4.69) is 20.5 Å². The molecule has 6 rings (SSSR count). The van der Waals surface area contributed by atoms with Crippen LogP contribution < -0.4 is 10.2 Å². The molecule has 0 aliphatic heterocycles. The standard InChI is InChI=1S/C32H30FN3O4S/c1-4-20-10-11-24-27(12-20)35-32-30(24)31(37)26-15-29(40-18-19(2)3)25(21-13-23(17-34-16-21)41(33,38)39)14-28(26)36(32)22-8-6-5-7-9-22/h1,10-17,19,22,35H,5-9,18H2,2-3H3. The third-order valence-corrected chi connectivity index (χ3v) is 8.62. The number of fused-ring (bicyclic) bond motifs is 4. The molecule has 3 heterocycles. The summed E-state index contributed by atoms with van der Waals surface area (Å²) in [6, 6.07) is 10.6. The second-order valence-corrected chi connectivity index (χ2v) is 12.5. The minimum absolute atomic E-state index is 0.138. The van der Waals surface area contributed by atoms with Gasteiger partial charge in [0.1, 0.15) is 16.3 Å². The maximum Gasteiger partial charge on any atom is 0.333 e. The zero-order chi connectivity index (χ0) is 28.9. The van der Waals surface area contributed by atoms with Gasteiger partial charge in [-0.15, -0.1) is 10.3 Å². The molecule has 1 saturated carbocycles. The molecule has 2 aromatic carbocycles. The fourth-order valence-electron chi connectivity index (χ4n) is 5.91. The van der Waals surface area contributed by atoms with Gasteiger partial charge in [-0.1, -0.05) is 45.1 Å². The minimum Gasteiger partial charge on any atom is -0.493 e.